The Hall–Kier alpha value is -0.120. The van der Waals surface area contributed by atoms with Crippen LogP contribution in [0.4, 0.5) is 0 Å². The zero-order chi connectivity index (χ0) is 14.4. The van der Waals surface area contributed by atoms with Crippen LogP contribution >= 0.6 is 0 Å². The molecule has 0 saturated carbocycles. The number of nitrogens with two attached hydrogens (primary N) is 1. The van der Waals surface area contributed by atoms with E-state index in [0.717, 1.165) is 12.6 Å². The lowest BCUT2D eigenvalue weighted by Crippen LogP contribution is -2.53. The van der Waals surface area contributed by atoms with Crippen LogP contribution in [0.5, 0.6) is 0 Å². The highest BCUT2D eigenvalue weighted by molar-refractivity contribution is 4.97. The highest BCUT2D eigenvalue weighted by Gasteiger charge is 2.39. The van der Waals surface area contributed by atoms with Crippen molar-refractivity contribution in [2.75, 3.05) is 32.7 Å². The minimum atomic E-state index is 0.278. The van der Waals surface area contributed by atoms with Crippen LogP contribution in [0.1, 0.15) is 65.2 Å². The largest absolute Gasteiger partial charge is 0.329 e. The van der Waals surface area contributed by atoms with Crippen molar-refractivity contribution in [3.8, 4) is 0 Å². The highest BCUT2D eigenvalue weighted by Crippen LogP contribution is 2.31. The summed E-state index contributed by atoms with van der Waals surface area (Å²) < 4.78 is 0. The van der Waals surface area contributed by atoms with Crippen molar-refractivity contribution in [2.24, 2.45) is 5.73 Å². The van der Waals surface area contributed by atoms with Gasteiger partial charge in [-0.15, -0.1) is 0 Å². The first kappa shape index (κ1) is 16.3. The molecular weight excluding hydrogens is 246 g/mol. The molecule has 118 valence electrons. The molecule has 0 amide bonds. The van der Waals surface area contributed by atoms with E-state index in [2.05, 4.69) is 23.6 Å². The van der Waals surface area contributed by atoms with Gasteiger partial charge in [-0.2, -0.15) is 0 Å². The van der Waals surface area contributed by atoms with Crippen molar-refractivity contribution in [3.63, 3.8) is 0 Å². The molecule has 2 fully saturated rings. The van der Waals surface area contributed by atoms with Gasteiger partial charge in [0, 0.05) is 31.2 Å². The molecule has 0 aromatic rings. The molecule has 2 atom stereocenters. The number of likely N-dealkylation sites (tertiary alicyclic amines) is 2. The topological polar surface area (TPSA) is 32.5 Å². The van der Waals surface area contributed by atoms with Gasteiger partial charge in [0.2, 0.25) is 0 Å². The van der Waals surface area contributed by atoms with E-state index < -0.39 is 0 Å². The molecule has 3 nitrogen and oxygen atoms in total. The van der Waals surface area contributed by atoms with Crippen LogP contribution in [0.25, 0.3) is 0 Å². The maximum atomic E-state index is 6.21. The summed E-state index contributed by atoms with van der Waals surface area (Å²) in [5, 5.41) is 0. The van der Waals surface area contributed by atoms with Crippen molar-refractivity contribution in [3.05, 3.63) is 0 Å². The van der Waals surface area contributed by atoms with Gasteiger partial charge in [-0.3, -0.25) is 9.80 Å². The van der Waals surface area contributed by atoms with Gasteiger partial charge in [0.25, 0.3) is 0 Å². The number of hydrogen-bond acceptors (Lipinski definition) is 3. The van der Waals surface area contributed by atoms with Crippen LogP contribution < -0.4 is 5.73 Å². The van der Waals surface area contributed by atoms with Gasteiger partial charge < -0.3 is 5.73 Å². The summed E-state index contributed by atoms with van der Waals surface area (Å²) in [4.78, 5) is 5.49. The molecule has 2 rings (SSSR count). The summed E-state index contributed by atoms with van der Waals surface area (Å²) in [5.74, 6) is 0. The Bertz CT molecular complexity index is 269. The number of rotatable bonds is 7. The Morgan fingerprint density at radius 2 is 1.85 bits per heavy atom. The average Bonchev–Trinajstić information content (AvgIpc) is 3.00. The number of nitrogens with zero attached hydrogens (tertiary/aromatic N) is 2. The Morgan fingerprint density at radius 1 is 1.10 bits per heavy atom. The van der Waals surface area contributed by atoms with E-state index in [1.54, 1.807) is 0 Å². The van der Waals surface area contributed by atoms with Gasteiger partial charge in [-0.25, -0.2) is 0 Å². The van der Waals surface area contributed by atoms with E-state index in [1.807, 2.05) is 0 Å². The zero-order valence-electron chi connectivity index (χ0n) is 13.7. The molecule has 0 aromatic heterocycles. The fraction of sp³-hybridized carbons (Fsp3) is 1.00. The maximum absolute atomic E-state index is 6.21. The Labute approximate surface area is 125 Å². The summed E-state index contributed by atoms with van der Waals surface area (Å²) in [5.41, 5.74) is 6.49. The molecule has 0 aromatic carbocycles. The lowest BCUT2D eigenvalue weighted by molar-refractivity contribution is 0.0874. The van der Waals surface area contributed by atoms with E-state index in [4.69, 9.17) is 5.73 Å². The van der Waals surface area contributed by atoms with Gasteiger partial charge >= 0.3 is 0 Å². The second-order valence-electron chi connectivity index (χ2n) is 6.87. The standard InChI is InChI=1S/C17H35N3/c1-3-5-10-17(4-2,15-18)20-13-9-16(14-20)19-11-7-6-8-12-19/h16H,3-15,18H2,1-2H3. The molecule has 0 aliphatic carbocycles. The van der Waals surface area contributed by atoms with Crippen LogP contribution in [0, 0.1) is 0 Å². The van der Waals surface area contributed by atoms with Crippen LogP contribution in [-0.2, 0) is 0 Å². The summed E-state index contributed by atoms with van der Waals surface area (Å²) >= 11 is 0. The molecule has 0 spiro atoms. The second kappa shape index (κ2) is 7.77. The van der Waals surface area contributed by atoms with E-state index in [9.17, 15) is 0 Å². The number of hydrogen-bond donors (Lipinski definition) is 1. The third kappa shape index (κ3) is 3.55. The smallest absolute Gasteiger partial charge is 0.0329 e. The van der Waals surface area contributed by atoms with Crippen LogP contribution in [0.3, 0.4) is 0 Å². The molecule has 2 heterocycles. The monoisotopic (exact) mass is 281 g/mol. The molecule has 2 saturated heterocycles. The van der Waals surface area contributed by atoms with Gasteiger partial charge in [0.05, 0.1) is 0 Å². The molecule has 20 heavy (non-hydrogen) atoms. The van der Waals surface area contributed by atoms with Crippen molar-refractivity contribution < 1.29 is 0 Å². The van der Waals surface area contributed by atoms with Crippen LogP contribution in [0.15, 0.2) is 0 Å². The van der Waals surface area contributed by atoms with E-state index >= 15 is 0 Å². The number of unbranched alkanes of at least 4 members (excludes halogenated alkanes) is 1. The third-order valence-electron chi connectivity index (χ3n) is 5.78. The van der Waals surface area contributed by atoms with Gasteiger partial charge in [0.1, 0.15) is 0 Å². The quantitative estimate of drug-likeness (QED) is 0.779. The minimum Gasteiger partial charge on any atom is -0.329 e. The summed E-state index contributed by atoms with van der Waals surface area (Å²) in [6.45, 7) is 10.6. The van der Waals surface area contributed by atoms with Gasteiger partial charge in [0.15, 0.2) is 0 Å². The van der Waals surface area contributed by atoms with Crippen LogP contribution in [-0.4, -0.2) is 54.1 Å². The fourth-order valence-corrected chi connectivity index (χ4v) is 4.19. The molecular formula is C17H35N3. The van der Waals surface area contributed by atoms with Crippen molar-refractivity contribution in [1.82, 2.24) is 9.80 Å². The first-order valence-electron chi connectivity index (χ1n) is 8.95. The summed E-state index contributed by atoms with van der Waals surface area (Å²) in [7, 11) is 0. The van der Waals surface area contributed by atoms with E-state index in [0.29, 0.717) is 0 Å². The maximum Gasteiger partial charge on any atom is 0.0329 e. The van der Waals surface area contributed by atoms with Crippen molar-refractivity contribution in [2.45, 2.75) is 76.8 Å². The Kier molecular flexibility index (Phi) is 6.31. The van der Waals surface area contributed by atoms with Gasteiger partial charge in [-0.05, 0) is 45.2 Å². The summed E-state index contributed by atoms with van der Waals surface area (Å²) in [6.07, 6.45) is 10.7. The molecule has 0 bridgehead atoms. The van der Waals surface area contributed by atoms with E-state index in [1.165, 1.54) is 77.5 Å². The summed E-state index contributed by atoms with van der Waals surface area (Å²) in [6, 6.07) is 0.800. The molecule has 0 radical (unpaired) electrons. The molecule has 3 heteroatoms. The first-order valence-corrected chi connectivity index (χ1v) is 8.95. The lowest BCUT2D eigenvalue weighted by atomic mass is 9.88. The van der Waals surface area contributed by atoms with Crippen molar-refractivity contribution >= 4 is 0 Å². The number of piperidine rings is 1. The van der Waals surface area contributed by atoms with E-state index in [-0.39, 0.29) is 5.54 Å². The third-order valence-corrected chi connectivity index (χ3v) is 5.78. The molecule has 2 unspecified atom stereocenters. The highest BCUT2D eigenvalue weighted by atomic mass is 15.3. The Morgan fingerprint density at radius 3 is 2.45 bits per heavy atom. The fourth-order valence-electron chi connectivity index (χ4n) is 4.19. The average molecular weight is 281 g/mol. The van der Waals surface area contributed by atoms with Crippen molar-refractivity contribution in [1.29, 1.82) is 0 Å². The normalized spacial score (nSPS) is 28.6. The molecule has 2 N–H and O–H groups in total. The lowest BCUT2D eigenvalue weighted by Gasteiger charge is -2.42. The molecule has 2 aliphatic heterocycles. The SMILES string of the molecule is CCCCC(CC)(CN)N1CCC(N2CCCCC2)C1. The Balaban J connectivity index is 1.94. The van der Waals surface area contributed by atoms with Crippen LogP contribution in [0.2, 0.25) is 0 Å². The van der Waals surface area contributed by atoms with Gasteiger partial charge in [-0.1, -0.05) is 33.1 Å². The molecule has 2 aliphatic rings. The zero-order valence-corrected chi connectivity index (χ0v) is 13.7. The minimum absolute atomic E-state index is 0.278. The first-order chi connectivity index (χ1) is 9.75. The second-order valence-corrected chi connectivity index (χ2v) is 6.87. The predicted molar refractivity (Wildman–Crippen MR) is 87.0 cm³/mol. The predicted octanol–water partition coefficient (Wildman–Crippen LogP) is 2.84.